The summed E-state index contributed by atoms with van der Waals surface area (Å²) in [6.07, 6.45) is 0. The number of nitrogens with zero attached hydrogens (tertiary/aromatic N) is 3. The number of nitriles is 1. The summed E-state index contributed by atoms with van der Waals surface area (Å²) in [5, 5.41) is 8.41. The number of rotatable bonds is 1. The average Bonchev–Trinajstić information content (AvgIpc) is 2.20. The summed E-state index contributed by atoms with van der Waals surface area (Å²) in [6, 6.07) is 2.14. The van der Waals surface area contributed by atoms with Crippen LogP contribution in [0.3, 0.4) is 0 Å². The molecule has 1 rings (SSSR count). The van der Waals surface area contributed by atoms with Crippen molar-refractivity contribution in [1.82, 2.24) is 4.90 Å². The molecule has 1 aliphatic rings. The third-order valence-corrected chi connectivity index (χ3v) is 1.98. The van der Waals surface area contributed by atoms with E-state index in [0.717, 1.165) is 13.1 Å². The number of amidine groups is 1. The number of hydrogen-bond acceptors (Lipinski definition) is 2. The van der Waals surface area contributed by atoms with Gasteiger partial charge in [-0.1, -0.05) is 0 Å². The second kappa shape index (κ2) is 2.70. The van der Waals surface area contributed by atoms with Gasteiger partial charge >= 0.3 is 0 Å². The van der Waals surface area contributed by atoms with Crippen molar-refractivity contribution in [2.45, 2.75) is 6.92 Å². The molecule has 0 atom stereocenters. The van der Waals surface area contributed by atoms with E-state index in [-0.39, 0.29) is 0 Å². The monoisotopic (exact) mass is 138 g/mol. The molecule has 0 unspecified atom stereocenters. The van der Waals surface area contributed by atoms with Gasteiger partial charge in [0.1, 0.15) is 19.2 Å². The van der Waals surface area contributed by atoms with Gasteiger partial charge in [-0.2, -0.15) is 5.26 Å². The zero-order valence-electron chi connectivity index (χ0n) is 6.46. The highest BCUT2D eigenvalue weighted by Gasteiger charge is 2.22. The van der Waals surface area contributed by atoms with Crippen LogP contribution in [0.25, 0.3) is 0 Å². The fourth-order valence-corrected chi connectivity index (χ4v) is 1.11. The van der Waals surface area contributed by atoms with Crippen LogP contribution in [0.1, 0.15) is 6.92 Å². The minimum atomic E-state index is 0.524. The van der Waals surface area contributed by atoms with Crippen molar-refractivity contribution in [3.05, 3.63) is 0 Å². The highest BCUT2D eigenvalue weighted by Crippen LogP contribution is 1.97. The van der Waals surface area contributed by atoms with E-state index in [0.29, 0.717) is 6.54 Å². The molecule has 10 heavy (non-hydrogen) atoms. The first-order chi connectivity index (χ1) is 4.75. The molecule has 0 saturated heterocycles. The molecule has 0 N–H and O–H groups in total. The Morgan fingerprint density at radius 2 is 2.50 bits per heavy atom. The van der Waals surface area contributed by atoms with Gasteiger partial charge in [0.15, 0.2) is 6.54 Å². The van der Waals surface area contributed by atoms with E-state index >= 15 is 0 Å². The van der Waals surface area contributed by atoms with E-state index < -0.39 is 0 Å². The molecule has 0 radical (unpaired) electrons. The molecular weight excluding hydrogens is 126 g/mol. The van der Waals surface area contributed by atoms with Gasteiger partial charge in [0.25, 0.3) is 0 Å². The summed E-state index contributed by atoms with van der Waals surface area (Å²) >= 11 is 0. The van der Waals surface area contributed by atoms with E-state index in [4.69, 9.17) is 5.26 Å². The topological polar surface area (TPSA) is 30.0 Å². The Bertz CT molecular complexity index is 199. The normalized spacial score (nSPS) is 17.9. The van der Waals surface area contributed by atoms with Gasteiger partial charge in [0, 0.05) is 6.92 Å². The average molecular weight is 138 g/mol. The largest absolute Gasteiger partial charge is 0.265 e. The van der Waals surface area contributed by atoms with Crippen LogP contribution in [0, 0.1) is 11.3 Å². The van der Waals surface area contributed by atoms with E-state index in [1.165, 1.54) is 5.84 Å². The number of likely N-dealkylation sites (N-methyl/N-ethyl adjacent to an activating group) is 1. The van der Waals surface area contributed by atoms with Gasteiger partial charge in [-0.25, -0.2) is 4.90 Å². The van der Waals surface area contributed by atoms with Crippen LogP contribution < -0.4 is 0 Å². The van der Waals surface area contributed by atoms with Crippen LogP contribution in [-0.4, -0.2) is 42.0 Å². The fourth-order valence-electron chi connectivity index (χ4n) is 1.11. The molecule has 1 heterocycles. The van der Waals surface area contributed by atoms with Crippen molar-refractivity contribution in [3.63, 3.8) is 0 Å². The lowest BCUT2D eigenvalue weighted by atomic mass is 10.5. The maximum Gasteiger partial charge on any atom is 0.244 e. The van der Waals surface area contributed by atoms with Crippen molar-refractivity contribution < 1.29 is 4.58 Å². The van der Waals surface area contributed by atoms with E-state index in [9.17, 15) is 0 Å². The lowest BCUT2D eigenvalue weighted by molar-refractivity contribution is -0.487. The first-order valence-electron chi connectivity index (χ1n) is 3.42. The Balaban J connectivity index is 2.61. The van der Waals surface area contributed by atoms with Gasteiger partial charge in [0.05, 0.1) is 7.05 Å². The van der Waals surface area contributed by atoms with Crippen LogP contribution in [-0.2, 0) is 0 Å². The smallest absolute Gasteiger partial charge is 0.244 e. The highest BCUT2D eigenvalue weighted by atomic mass is 15.3. The van der Waals surface area contributed by atoms with Crippen LogP contribution >= 0.6 is 0 Å². The number of hydrogen-bond donors (Lipinski definition) is 0. The summed E-state index contributed by atoms with van der Waals surface area (Å²) in [4.78, 5) is 2.08. The molecular formula is C7H12N3+. The van der Waals surface area contributed by atoms with Crippen molar-refractivity contribution in [3.8, 4) is 6.07 Å². The SMILES string of the molecule is CC1=[N+](C)CCN1CC#N. The van der Waals surface area contributed by atoms with Gasteiger partial charge in [-0.3, -0.25) is 4.58 Å². The summed E-state index contributed by atoms with van der Waals surface area (Å²) < 4.78 is 2.16. The molecule has 0 aromatic heterocycles. The minimum Gasteiger partial charge on any atom is -0.265 e. The molecule has 3 nitrogen and oxygen atoms in total. The van der Waals surface area contributed by atoms with Crippen LogP contribution in [0.15, 0.2) is 0 Å². The Morgan fingerprint density at radius 1 is 1.80 bits per heavy atom. The van der Waals surface area contributed by atoms with Crippen molar-refractivity contribution >= 4 is 5.84 Å². The minimum absolute atomic E-state index is 0.524. The lowest BCUT2D eigenvalue weighted by Gasteiger charge is -2.03. The standard InChI is InChI=1S/C7H12N3/c1-7-9(2)5-6-10(7)4-3-8/h4-6H2,1-2H3/q+1. The van der Waals surface area contributed by atoms with Gasteiger partial charge in [-0.05, 0) is 0 Å². The summed E-state index contributed by atoms with van der Waals surface area (Å²) in [7, 11) is 2.05. The summed E-state index contributed by atoms with van der Waals surface area (Å²) in [5.74, 6) is 1.21. The third kappa shape index (κ3) is 1.10. The Morgan fingerprint density at radius 3 is 2.90 bits per heavy atom. The molecule has 0 aliphatic carbocycles. The molecule has 0 aromatic carbocycles. The molecule has 0 aromatic rings. The van der Waals surface area contributed by atoms with E-state index in [2.05, 4.69) is 15.5 Å². The second-order valence-electron chi connectivity index (χ2n) is 2.55. The molecule has 0 spiro atoms. The van der Waals surface area contributed by atoms with Gasteiger partial charge < -0.3 is 0 Å². The van der Waals surface area contributed by atoms with Crippen molar-refractivity contribution in [2.24, 2.45) is 0 Å². The third-order valence-electron chi connectivity index (χ3n) is 1.98. The molecule has 0 amide bonds. The summed E-state index contributed by atoms with van der Waals surface area (Å²) in [5.41, 5.74) is 0. The predicted molar refractivity (Wildman–Crippen MR) is 38.9 cm³/mol. The molecule has 0 saturated carbocycles. The molecule has 0 bridgehead atoms. The maximum atomic E-state index is 8.41. The zero-order valence-corrected chi connectivity index (χ0v) is 6.46. The van der Waals surface area contributed by atoms with Crippen LogP contribution in [0.4, 0.5) is 0 Å². The maximum absolute atomic E-state index is 8.41. The molecule has 3 heteroatoms. The molecule has 0 fully saturated rings. The molecule has 54 valence electrons. The van der Waals surface area contributed by atoms with Crippen LogP contribution in [0.2, 0.25) is 0 Å². The first kappa shape index (κ1) is 7.07. The second-order valence-corrected chi connectivity index (χ2v) is 2.55. The lowest BCUT2D eigenvalue weighted by Crippen LogP contribution is -2.26. The van der Waals surface area contributed by atoms with E-state index in [1.807, 2.05) is 14.0 Å². The van der Waals surface area contributed by atoms with Crippen LogP contribution in [0.5, 0.6) is 0 Å². The van der Waals surface area contributed by atoms with Crippen molar-refractivity contribution in [1.29, 1.82) is 5.26 Å². The zero-order chi connectivity index (χ0) is 7.56. The van der Waals surface area contributed by atoms with Crippen molar-refractivity contribution in [2.75, 3.05) is 26.7 Å². The Hall–Kier alpha value is -1.04. The first-order valence-corrected chi connectivity index (χ1v) is 3.42. The summed E-state index contributed by atoms with van der Waals surface area (Å²) in [6.45, 7) is 4.62. The quantitative estimate of drug-likeness (QED) is 0.374. The van der Waals surface area contributed by atoms with Gasteiger partial charge in [-0.15, -0.1) is 0 Å². The van der Waals surface area contributed by atoms with Gasteiger partial charge in [0.2, 0.25) is 5.84 Å². The fraction of sp³-hybridized carbons (Fsp3) is 0.714. The Labute approximate surface area is 61.2 Å². The molecule has 1 aliphatic heterocycles. The predicted octanol–water partition coefficient (Wildman–Crippen LogP) is -0.114. The Kier molecular flexibility index (Phi) is 1.91. The highest BCUT2D eigenvalue weighted by molar-refractivity contribution is 5.75. The van der Waals surface area contributed by atoms with E-state index in [1.54, 1.807) is 0 Å².